The van der Waals surface area contributed by atoms with E-state index in [1.165, 1.54) is 33.8 Å². The second-order valence-corrected chi connectivity index (χ2v) is 10.1. The van der Waals surface area contributed by atoms with Gasteiger partial charge in [0.15, 0.2) is 0 Å². The molecule has 7 nitrogen and oxygen atoms in total. The largest absolute Gasteiger partial charge is 0.462 e. The Labute approximate surface area is 219 Å². The molecule has 0 radical (unpaired) electrons. The van der Waals surface area contributed by atoms with Crippen LogP contribution < -0.4 is 5.32 Å². The lowest BCUT2D eigenvalue weighted by molar-refractivity contribution is -0.116. The van der Waals surface area contributed by atoms with Gasteiger partial charge in [-0.15, -0.1) is 11.3 Å². The predicted molar refractivity (Wildman–Crippen MR) is 142 cm³/mol. The third kappa shape index (κ3) is 4.93. The summed E-state index contributed by atoms with van der Waals surface area (Å²) < 4.78 is 5.32. The van der Waals surface area contributed by atoms with Crippen LogP contribution in [0.25, 0.3) is 11.1 Å². The maximum absolute atomic E-state index is 12.9. The van der Waals surface area contributed by atoms with Crippen LogP contribution in [-0.4, -0.2) is 41.7 Å². The van der Waals surface area contributed by atoms with Crippen molar-refractivity contribution in [3.8, 4) is 11.1 Å². The highest BCUT2D eigenvalue weighted by Crippen LogP contribution is 2.38. The van der Waals surface area contributed by atoms with E-state index in [4.69, 9.17) is 4.74 Å². The van der Waals surface area contributed by atoms with Crippen molar-refractivity contribution in [2.75, 3.05) is 18.5 Å². The molecule has 2 heterocycles. The van der Waals surface area contributed by atoms with Gasteiger partial charge in [-0.25, -0.2) is 4.79 Å². The lowest BCUT2D eigenvalue weighted by Gasteiger charge is -2.17. The van der Waals surface area contributed by atoms with E-state index in [0.29, 0.717) is 28.1 Å². The van der Waals surface area contributed by atoms with Crippen LogP contribution in [0.3, 0.4) is 0 Å². The molecule has 1 aromatic heterocycles. The van der Waals surface area contributed by atoms with Crippen LogP contribution in [0, 0.1) is 0 Å². The van der Waals surface area contributed by atoms with E-state index in [0.717, 1.165) is 30.4 Å². The zero-order valence-corrected chi connectivity index (χ0v) is 21.5. The highest BCUT2D eigenvalue weighted by atomic mass is 32.1. The van der Waals surface area contributed by atoms with E-state index >= 15 is 0 Å². The molecule has 0 unspecified atom stereocenters. The second-order valence-electron chi connectivity index (χ2n) is 9.22. The van der Waals surface area contributed by atoms with E-state index in [1.807, 2.05) is 11.4 Å². The van der Waals surface area contributed by atoms with Gasteiger partial charge in [0, 0.05) is 23.9 Å². The van der Waals surface area contributed by atoms with Gasteiger partial charge in [-0.2, -0.15) is 0 Å². The average Bonchev–Trinajstić information content (AvgIpc) is 3.43. The van der Waals surface area contributed by atoms with Gasteiger partial charge in [0.05, 0.1) is 17.7 Å². The van der Waals surface area contributed by atoms with Gasteiger partial charge in [-0.1, -0.05) is 30.3 Å². The number of hydrogen-bond acceptors (Lipinski definition) is 6. The number of nitrogens with zero attached hydrogens (tertiary/aromatic N) is 1. The molecule has 3 aromatic rings. The number of esters is 1. The molecule has 8 heteroatoms. The molecule has 190 valence electrons. The Morgan fingerprint density at radius 1 is 0.973 bits per heavy atom. The minimum Gasteiger partial charge on any atom is -0.462 e. The topological polar surface area (TPSA) is 92.8 Å². The summed E-state index contributed by atoms with van der Waals surface area (Å²) >= 11 is 1.29. The zero-order valence-electron chi connectivity index (χ0n) is 20.7. The molecular weight excluding hydrogens is 488 g/mol. The highest BCUT2D eigenvalue weighted by molar-refractivity contribution is 7.15. The summed E-state index contributed by atoms with van der Waals surface area (Å²) in [4.78, 5) is 52.0. The fourth-order valence-electron chi connectivity index (χ4n) is 5.00. The molecule has 1 aliphatic carbocycles. The van der Waals surface area contributed by atoms with Crippen molar-refractivity contribution in [3.05, 3.63) is 75.7 Å². The molecule has 0 saturated heterocycles. The van der Waals surface area contributed by atoms with Gasteiger partial charge in [-0.3, -0.25) is 19.3 Å². The number of benzene rings is 2. The van der Waals surface area contributed by atoms with Crippen LogP contribution in [0.1, 0.15) is 74.8 Å². The van der Waals surface area contributed by atoms with Gasteiger partial charge in [0.2, 0.25) is 5.91 Å². The van der Waals surface area contributed by atoms with Gasteiger partial charge < -0.3 is 10.1 Å². The summed E-state index contributed by atoms with van der Waals surface area (Å²) in [5.41, 5.74) is 5.49. The highest BCUT2D eigenvalue weighted by Gasteiger charge is 2.34. The van der Waals surface area contributed by atoms with Gasteiger partial charge in [-0.05, 0) is 67.9 Å². The summed E-state index contributed by atoms with van der Waals surface area (Å²) in [5, 5.41) is 5.18. The fourth-order valence-corrected chi connectivity index (χ4v) is 5.97. The molecule has 0 fully saturated rings. The standard InChI is InChI=1S/C29H28N2O5S/c1-2-36-29(35)25-23(20-14-13-18-8-3-4-9-19(18)16-20)17-37-26(25)30-24(32)12-7-15-31-27(33)21-10-5-6-11-22(21)28(31)34/h5-6,10-11,13-14,16-17H,2-4,7-9,12,15H2,1H3,(H,30,32). The smallest absolute Gasteiger partial charge is 0.341 e. The number of nitrogens with one attached hydrogen (secondary N) is 1. The van der Waals surface area contributed by atoms with Crippen molar-refractivity contribution in [2.24, 2.45) is 0 Å². The number of imide groups is 1. The molecule has 1 aliphatic heterocycles. The van der Waals surface area contributed by atoms with Crippen LogP contribution in [0.15, 0.2) is 47.8 Å². The Morgan fingerprint density at radius 3 is 2.38 bits per heavy atom. The van der Waals surface area contributed by atoms with Gasteiger partial charge >= 0.3 is 5.97 Å². The lowest BCUT2D eigenvalue weighted by Crippen LogP contribution is -2.31. The quantitative estimate of drug-likeness (QED) is 0.316. The van der Waals surface area contributed by atoms with Crippen molar-refractivity contribution in [2.45, 2.75) is 45.4 Å². The number of hydrogen-bond donors (Lipinski definition) is 1. The summed E-state index contributed by atoms with van der Waals surface area (Å²) in [5.74, 6) is -1.43. The molecule has 5 rings (SSSR count). The predicted octanol–water partition coefficient (Wildman–Crippen LogP) is 5.49. The van der Waals surface area contributed by atoms with Crippen LogP contribution >= 0.6 is 11.3 Å². The van der Waals surface area contributed by atoms with Crippen LogP contribution in [0.2, 0.25) is 0 Å². The van der Waals surface area contributed by atoms with Gasteiger partial charge in [0.25, 0.3) is 11.8 Å². The number of rotatable bonds is 8. The van der Waals surface area contributed by atoms with E-state index < -0.39 is 5.97 Å². The Kier molecular flexibility index (Phi) is 7.19. The number of carbonyl (C=O) groups is 4. The monoisotopic (exact) mass is 516 g/mol. The molecule has 37 heavy (non-hydrogen) atoms. The van der Waals surface area contributed by atoms with E-state index in [1.54, 1.807) is 31.2 Å². The van der Waals surface area contributed by atoms with Crippen molar-refractivity contribution in [1.82, 2.24) is 4.90 Å². The third-order valence-corrected chi connectivity index (χ3v) is 7.74. The Bertz CT molecular complexity index is 1360. The first-order valence-corrected chi connectivity index (χ1v) is 13.5. The number of thiophene rings is 1. The molecule has 0 bridgehead atoms. The Hall–Kier alpha value is -3.78. The van der Waals surface area contributed by atoms with Crippen molar-refractivity contribution in [3.63, 3.8) is 0 Å². The SMILES string of the molecule is CCOC(=O)c1c(-c2ccc3c(c2)CCCC3)csc1NC(=O)CCCN1C(=O)c2ccccc2C1=O. The zero-order chi connectivity index (χ0) is 25.9. The maximum Gasteiger partial charge on any atom is 0.341 e. The normalized spacial score (nSPS) is 14.4. The molecular formula is C29H28N2O5S. The Balaban J connectivity index is 1.28. The second kappa shape index (κ2) is 10.7. The third-order valence-electron chi connectivity index (χ3n) is 6.85. The summed E-state index contributed by atoms with van der Waals surface area (Å²) in [6.07, 6.45) is 4.87. The summed E-state index contributed by atoms with van der Waals surface area (Å²) in [6, 6.07) is 13.0. The summed E-state index contributed by atoms with van der Waals surface area (Å²) in [6.45, 7) is 2.13. The van der Waals surface area contributed by atoms with Crippen molar-refractivity contribution >= 4 is 40.0 Å². The molecule has 2 aliphatic rings. The average molecular weight is 517 g/mol. The van der Waals surface area contributed by atoms with E-state index in [9.17, 15) is 19.2 Å². The number of amides is 3. The van der Waals surface area contributed by atoms with Crippen LogP contribution in [0.5, 0.6) is 0 Å². The number of aryl methyl sites for hydroxylation is 2. The van der Waals surface area contributed by atoms with Gasteiger partial charge in [0.1, 0.15) is 10.6 Å². The minimum absolute atomic E-state index is 0.0990. The molecule has 0 spiro atoms. The minimum atomic E-state index is -0.474. The molecule has 0 atom stereocenters. The number of ether oxygens (including phenoxy) is 1. The number of fused-ring (bicyclic) bond motifs is 2. The maximum atomic E-state index is 12.9. The van der Waals surface area contributed by atoms with E-state index in [2.05, 4.69) is 17.4 Å². The van der Waals surface area contributed by atoms with Crippen LogP contribution in [0.4, 0.5) is 5.00 Å². The number of carbonyl (C=O) groups excluding carboxylic acids is 4. The molecule has 3 amide bonds. The van der Waals surface area contributed by atoms with Crippen molar-refractivity contribution < 1.29 is 23.9 Å². The molecule has 2 aromatic carbocycles. The number of anilines is 1. The first kappa shape index (κ1) is 24.9. The molecule has 0 saturated carbocycles. The fraction of sp³-hybridized carbons (Fsp3) is 0.310. The van der Waals surface area contributed by atoms with Crippen molar-refractivity contribution in [1.29, 1.82) is 0 Å². The van der Waals surface area contributed by atoms with E-state index in [-0.39, 0.29) is 37.3 Å². The Morgan fingerprint density at radius 2 is 1.68 bits per heavy atom. The first-order chi connectivity index (χ1) is 18.0. The summed E-state index contributed by atoms with van der Waals surface area (Å²) in [7, 11) is 0. The lowest BCUT2D eigenvalue weighted by atomic mass is 9.89. The van der Waals surface area contributed by atoms with Crippen LogP contribution in [-0.2, 0) is 22.4 Å². The first-order valence-electron chi connectivity index (χ1n) is 12.6. The molecule has 1 N–H and O–H groups in total.